The van der Waals surface area contributed by atoms with Crippen LogP contribution in [-0.2, 0) is 17.8 Å². The summed E-state index contributed by atoms with van der Waals surface area (Å²) in [4.78, 5) is 27.4. The van der Waals surface area contributed by atoms with Crippen molar-refractivity contribution in [1.29, 1.82) is 0 Å². The molecule has 3 aromatic carbocycles. The Morgan fingerprint density at radius 3 is 2.47 bits per heavy atom. The van der Waals surface area contributed by atoms with Crippen LogP contribution in [0.4, 0.5) is 10.5 Å². The molecule has 4 aromatic rings. The van der Waals surface area contributed by atoms with Crippen molar-refractivity contribution in [1.82, 2.24) is 4.57 Å². The van der Waals surface area contributed by atoms with E-state index < -0.39 is 0 Å². The Morgan fingerprint density at radius 2 is 1.74 bits per heavy atom. The maximum absolute atomic E-state index is 13.1. The number of anilines is 1. The van der Waals surface area contributed by atoms with Crippen LogP contribution in [-0.4, -0.2) is 15.7 Å². The summed E-state index contributed by atoms with van der Waals surface area (Å²) in [5, 5.41) is 1.92. The number of aromatic nitrogens is 1. The van der Waals surface area contributed by atoms with E-state index in [1.54, 1.807) is 18.2 Å². The van der Waals surface area contributed by atoms with Crippen molar-refractivity contribution in [3.05, 3.63) is 105 Å². The van der Waals surface area contributed by atoms with Crippen LogP contribution >= 0.6 is 35.0 Å². The fraction of sp³-hybridized carbons (Fsp3) is 0.111. The van der Waals surface area contributed by atoms with Gasteiger partial charge in [-0.05, 0) is 59.7 Å². The topological polar surface area (TPSA) is 42.3 Å². The molecule has 4 nitrogen and oxygen atoms in total. The summed E-state index contributed by atoms with van der Waals surface area (Å²) in [6.07, 6.45) is 4.69. The molecule has 0 unspecified atom stereocenters. The molecule has 0 aliphatic carbocycles. The molecule has 0 atom stereocenters. The largest absolute Gasteiger partial charge is 0.342 e. The first-order valence-corrected chi connectivity index (χ1v) is 12.4. The van der Waals surface area contributed by atoms with E-state index in [1.807, 2.05) is 54.7 Å². The van der Waals surface area contributed by atoms with Crippen molar-refractivity contribution in [2.24, 2.45) is 0 Å². The highest BCUT2D eigenvalue weighted by atomic mass is 35.5. The van der Waals surface area contributed by atoms with E-state index in [0.717, 1.165) is 40.2 Å². The first-order chi connectivity index (χ1) is 16.5. The zero-order valence-corrected chi connectivity index (χ0v) is 20.6. The molecule has 0 spiro atoms. The van der Waals surface area contributed by atoms with E-state index in [2.05, 4.69) is 17.6 Å². The van der Waals surface area contributed by atoms with Gasteiger partial charge in [-0.1, -0.05) is 72.6 Å². The second kappa shape index (κ2) is 9.34. The fourth-order valence-electron chi connectivity index (χ4n) is 4.23. The molecule has 2 amide bonds. The molecule has 34 heavy (non-hydrogen) atoms. The van der Waals surface area contributed by atoms with Gasteiger partial charge in [0.05, 0.1) is 16.1 Å². The lowest BCUT2D eigenvalue weighted by atomic mass is 10.1. The predicted octanol–water partition coefficient (Wildman–Crippen LogP) is 7.80. The lowest BCUT2D eigenvalue weighted by molar-refractivity contribution is -0.113. The molecule has 1 aliphatic heterocycles. The normalized spacial score (nSPS) is 15.1. The standard InChI is InChI=1S/C27H20Cl2N2O2S/c1-2-17-7-6-10-22-19(16-30(25(17)22)15-18-11-12-20(28)14-23(18)29)13-24-26(32)31(27(33)34-24)21-8-4-3-5-9-21/h3-14,16H,2,15H2,1H3/b24-13-. The molecule has 5 rings (SSSR count). The maximum atomic E-state index is 13.1. The van der Waals surface area contributed by atoms with Crippen LogP contribution in [0, 0.1) is 0 Å². The van der Waals surface area contributed by atoms with E-state index in [9.17, 15) is 9.59 Å². The van der Waals surface area contributed by atoms with Crippen molar-refractivity contribution in [2.45, 2.75) is 19.9 Å². The Labute approximate surface area is 211 Å². The molecule has 0 radical (unpaired) electrons. The monoisotopic (exact) mass is 506 g/mol. The highest BCUT2D eigenvalue weighted by molar-refractivity contribution is 8.19. The highest BCUT2D eigenvalue weighted by Crippen LogP contribution is 2.37. The van der Waals surface area contributed by atoms with Gasteiger partial charge in [0.2, 0.25) is 0 Å². The quantitative estimate of drug-likeness (QED) is 0.259. The summed E-state index contributed by atoms with van der Waals surface area (Å²) in [6, 6.07) is 20.7. The van der Waals surface area contributed by atoms with Gasteiger partial charge in [0.15, 0.2) is 0 Å². The van der Waals surface area contributed by atoms with Crippen molar-refractivity contribution >= 4 is 68.8 Å². The van der Waals surface area contributed by atoms with Crippen molar-refractivity contribution in [3.8, 4) is 0 Å². The molecular weight excluding hydrogens is 487 g/mol. The van der Waals surface area contributed by atoms with Crippen molar-refractivity contribution in [2.75, 3.05) is 4.90 Å². The highest BCUT2D eigenvalue weighted by Gasteiger charge is 2.36. The molecule has 7 heteroatoms. The first-order valence-electron chi connectivity index (χ1n) is 10.8. The Balaban J connectivity index is 1.59. The number of nitrogens with zero attached hydrogens (tertiary/aromatic N) is 2. The number of carbonyl (C=O) groups is 2. The smallest absolute Gasteiger partial charge is 0.298 e. The molecule has 0 N–H and O–H groups in total. The van der Waals surface area contributed by atoms with Gasteiger partial charge in [-0.15, -0.1) is 0 Å². The number of fused-ring (bicyclic) bond motifs is 1. The second-order valence-corrected chi connectivity index (χ2v) is 9.80. The Morgan fingerprint density at radius 1 is 0.941 bits per heavy atom. The van der Waals surface area contributed by atoms with Crippen LogP contribution in [0.15, 0.2) is 77.8 Å². The van der Waals surface area contributed by atoms with E-state index in [4.69, 9.17) is 23.2 Å². The number of para-hydroxylation sites is 2. The Kier molecular flexibility index (Phi) is 6.26. The minimum atomic E-state index is -0.311. The van der Waals surface area contributed by atoms with E-state index >= 15 is 0 Å². The molecule has 0 bridgehead atoms. The number of imide groups is 1. The van der Waals surface area contributed by atoms with Gasteiger partial charge >= 0.3 is 0 Å². The number of rotatable bonds is 5. The van der Waals surface area contributed by atoms with Gasteiger partial charge in [0, 0.05) is 33.7 Å². The second-order valence-electron chi connectivity index (χ2n) is 7.97. The van der Waals surface area contributed by atoms with Gasteiger partial charge in [-0.3, -0.25) is 9.59 Å². The summed E-state index contributed by atoms with van der Waals surface area (Å²) >= 11 is 13.5. The third kappa shape index (κ3) is 4.16. The zero-order chi connectivity index (χ0) is 23.8. The molecule has 0 saturated carbocycles. The maximum Gasteiger partial charge on any atom is 0.298 e. The van der Waals surface area contributed by atoms with Crippen LogP contribution in [0.1, 0.15) is 23.6 Å². The average molecular weight is 507 g/mol. The molecule has 2 heterocycles. The van der Waals surface area contributed by atoms with E-state index in [0.29, 0.717) is 27.2 Å². The molecular formula is C27H20Cl2N2O2S. The number of thioether (sulfide) groups is 1. The number of hydrogen-bond acceptors (Lipinski definition) is 3. The lowest BCUT2D eigenvalue weighted by Crippen LogP contribution is -2.27. The zero-order valence-electron chi connectivity index (χ0n) is 18.3. The lowest BCUT2D eigenvalue weighted by Gasteiger charge is -2.11. The van der Waals surface area contributed by atoms with Crippen LogP contribution < -0.4 is 4.90 Å². The summed E-state index contributed by atoms with van der Waals surface area (Å²) in [5.41, 5.74) is 4.68. The SMILES string of the molecule is CCc1cccc2c(/C=C3\SC(=O)N(c4ccccc4)C3=O)cn(Cc3ccc(Cl)cc3Cl)c12. The first kappa shape index (κ1) is 22.8. The van der Waals surface area contributed by atoms with E-state index in [1.165, 1.54) is 10.5 Å². The third-order valence-corrected chi connectivity index (χ3v) is 7.30. The fourth-order valence-corrected chi connectivity index (χ4v) is 5.53. The van der Waals surface area contributed by atoms with Gasteiger partial charge in [-0.2, -0.15) is 0 Å². The summed E-state index contributed by atoms with van der Waals surface area (Å²) in [7, 11) is 0. The number of aryl methyl sites for hydroxylation is 1. The number of hydrogen-bond donors (Lipinski definition) is 0. The summed E-state index contributed by atoms with van der Waals surface area (Å²) in [6.45, 7) is 2.68. The van der Waals surface area contributed by atoms with Crippen LogP contribution in [0.2, 0.25) is 10.0 Å². The Hall–Kier alpha value is -2.99. The number of amides is 2. The molecule has 1 saturated heterocycles. The predicted molar refractivity (Wildman–Crippen MR) is 142 cm³/mol. The molecule has 1 aliphatic rings. The van der Waals surface area contributed by atoms with Crippen molar-refractivity contribution < 1.29 is 9.59 Å². The van der Waals surface area contributed by atoms with Crippen LogP contribution in [0.5, 0.6) is 0 Å². The van der Waals surface area contributed by atoms with Crippen molar-refractivity contribution in [3.63, 3.8) is 0 Å². The van der Waals surface area contributed by atoms with Gasteiger partial charge in [-0.25, -0.2) is 4.90 Å². The number of halogens is 2. The van der Waals surface area contributed by atoms with Gasteiger partial charge < -0.3 is 4.57 Å². The van der Waals surface area contributed by atoms with Crippen LogP contribution in [0.3, 0.4) is 0 Å². The molecule has 170 valence electrons. The van der Waals surface area contributed by atoms with Gasteiger partial charge in [0.1, 0.15) is 0 Å². The van der Waals surface area contributed by atoms with E-state index in [-0.39, 0.29) is 11.1 Å². The minimum absolute atomic E-state index is 0.298. The summed E-state index contributed by atoms with van der Waals surface area (Å²) < 4.78 is 2.15. The summed E-state index contributed by atoms with van der Waals surface area (Å²) in [5.74, 6) is -0.311. The minimum Gasteiger partial charge on any atom is -0.342 e. The Bertz CT molecular complexity index is 1460. The van der Waals surface area contributed by atoms with Crippen LogP contribution in [0.25, 0.3) is 17.0 Å². The molecule has 1 aromatic heterocycles. The average Bonchev–Trinajstić information content (AvgIpc) is 3.32. The number of carbonyl (C=O) groups excluding carboxylic acids is 2. The molecule has 1 fully saturated rings. The van der Waals surface area contributed by atoms with Gasteiger partial charge in [0.25, 0.3) is 11.1 Å². The number of benzene rings is 3. The third-order valence-electron chi connectivity index (χ3n) is 5.84.